The van der Waals surface area contributed by atoms with Gasteiger partial charge in [0.15, 0.2) is 0 Å². The summed E-state index contributed by atoms with van der Waals surface area (Å²) in [6, 6.07) is 16.8. The van der Waals surface area contributed by atoms with Crippen molar-refractivity contribution in [2.75, 3.05) is 38.7 Å². The molecule has 2 aromatic carbocycles. The molecule has 1 aliphatic rings. The Hall–Kier alpha value is -3.42. The third-order valence-corrected chi connectivity index (χ3v) is 5.95. The summed E-state index contributed by atoms with van der Waals surface area (Å²) in [5.41, 5.74) is 4.81. The molecule has 1 atom stereocenters. The number of rotatable bonds is 5. The van der Waals surface area contributed by atoms with Crippen LogP contribution in [0.3, 0.4) is 0 Å². The van der Waals surface area contributed by atoms with E-state index in [9.17, 15) is 4.39 Å². The van der Waals surface area contributed by atoms with Crippen LogP contribution >= 0.6 is 0 Å². The molecule has 0 spiro atoms. The molecule has 0 unspecified atom stereocenters. The van der Waals surface area contributed by atoms with Crippen LogP contribution in [0.5, 0.6) is 0 Å². The second-order valence-electron chi connectivity index (χ2n) is 8.45. The van der Waals surface area contributed by atoms with Gasteiger partial charge in [-0.1, -0.05) is 30.3 Å². The first-order valence-electron chi connectivity index (χ1n) is 11.1. The van der Waals surface area contributed by atoms with Crippen molar-refractivity contribution in [3.63, 3.8) is 0 Å². The molecule has 0 N–H and O–H groups in total. The van der Waals surface area contributed by atoms with Gasteiger partial charge in [0.2, 0.25) is 5.95 Å². The molecule has 1 fully saturated rings. The Balaban J connectivity index is 1.46. The van der Waals surface area contributed by atoms with E-state index in [-0.39, 0.29) is 11.9 Å². The van der Waals surface area contributed by atoms with Crippen molar-refractivity contribution < 1.29 is 9.13 Å². The first-order chi connectivity index (χ1) is 16.1. The highest BCUT2D eigenvalue weighted by Gasteiger charge is 2.27. The summed E-state index contributed by atoms with van der Waals surface area (Å²) < 4.78 is 19.7. The van der Waals surface area contributed by atoms with Crippen LogP contribution in [0, 0.1) is 5.82 Å². The molecule has 1 saturated heterocycles. The highest BCUT2D eigenvalue weighted by Crippen LogP contribution is 2.32. The minimum Gasteiger partial charge on any atom is -0.369 e. The number of fused-ring (bicyclic) bond motifs is 1. The number of anilines is 1. The summed E-state index contributed by atoms with van der Waals surface area (Å²) in [6.45, 7) is 2.96. The number of ether oxygens (including phenoxy) is 1. The summed E-state index contributed by atoms with van der Waals surface area (Å²) in [4.78, 5) is 18.1. The largest absolute Gasteiger partial charge is 0.369 e. The van der Waals surface area contributed by atoms with Gasteiger partial charge < -0.3 is 9.64 Å². The van der Waals surface area contributed by atoms with Crippen molar-refractivity contribution in [1.29, 1.82) is 0 Å². The Kier molecular flexibility index (Phi) is 5.98. The Morgan fingerprint density at radius 3 is 2.70 bits per heavy atom. The molecule has 0 amide bonds. The Morgan fingerprint density at radius 1 is 1.06 bits per heavy atom. The van der Waals surface area contributed by atoms with E-state index in [1.165, 1.54) is 23.1 Å². The normalized spacial score (nSPS) is 16.8. The van der Waals surface area contributed by atoms with E-state index in [1.807, 2.05) is 49.6 Å². The van der Waals surface area contributed by atoms with Gasteiger partial charge in [0.25, 0.3) is 0 Å². The molecule has 168 valence electrons. The van der Waals surface area contributed by atoms with E-state index in [1.54, 1.807) is 12.1 Å². The number of aromatic nitrogens is 3. The number of morpholine rings is 1. The highest BCUT2D eigenvalue weighted by molar-refractivity contribution is 5.81. The zero-order valence-electron chi connectivity index (χ0n) is 18.8. The van der Waals surface area contributed by atoms with Gasteiger partial charge in [0, 0.05) is 57.1 Å². The average molecular weight is 444 g/mol. The molecule has 6 nitrogen and oxygen atoms in total. The summed E-state index contributed by atoms with van der Waals surface area (Å²) >= 11 is 0. The first kappa shape index (κ1) is 21.4. The van der Waals surface area contributed by atoms with Crippen molar-refractivity contribution in [2.24, 2.45) is 0 Å². The molecular weight excluding hydrogens is 417 g/mol. The van der Waals surface area contributed by atoms with E-state index in [4.69, 9.17) is 9.72 Å². The second kappa shape index (κ2) is 9.21. The summed E-state index contributed by atoms with van der Waals surface area (Å²) in [5, 5.41) is 1.17. The molecule has 5 rings (SSSR count). The second-order valence-corrected chi connectivity index (χ2v) is 8.45. The van der Waals surface area contributed by atoms with Gasteiger partial charge in [-0.25, -0.2) is 14.4 Å². The lowest BCUT2D eigenvalue weighted by molar-refractivity contribution is -0.0345. The predicted octanol–water partition coefficient (Wildman–Crippen LogP) is 4.47. The van der Waals surface area contributed by atoms with Crippen LogP contribution in [0.1, 0.15) is 17.4 Å². The number of para-hydroxylation sites is 1. The van der Waals surface area contributed by atoms with Crippen molar-refractivity contribution >= 4 is 16.9 Å². The van der Waals surface area contributed by atoms with Crippen LogP contribution in [0.4, 0.5) is 10.3 Å². The van der Waals surface area contributed by atoms with Gasteiger partial charge in [-0.15, -0.1) is 0 Å². The summed E-state index contributed by atoms with van der Waals surface area (Å²) in [6.07, 6.45) is 3.47. The zero-order chi connectivity index (χ0) is 22.8. The Morgan fingerprint density at radius 2 is 1.88 bits per heavy atom. The average Bonchev–Trinajstić information content (AvgIpc) is 2.85. The lowest BCUT2D eigenvalue weighted by Crippen LogP contribution is -2.38. The predicted molar refractivity (Wildman–Crippen MR) is 127 cm³/mol. The molecule has 4 aromatic rings. The number of hydrogen-bond acceptors (Lipinski definition) is 6. The highest BCUT2D eigenvalue weighted by atomic mass is 19.1. The van der Waals surface area contributed by atoms with Gasteiger partial charge >= 0.3 is 0 Å². The molecule has 2 aromatic heterocycles. The molecule has 1 aliphatic heterocycles. The quantitative estimate of drug-likeness (QED) is 0.454. The number of benzene rings is 2. The fourth-order valence-electron chi connectivity index (χ4n) is 4.24. The first-order valence-corrected chi connectivity index (χ1v) is 11.1. The molecular formula is C26H26FN5O. The number of pyridine rings is 1. The van der Waals surface area contributed by atoms with E-state index in [2.05, 4.69) is 27.0 Å². The third-order valence-electron chi connectivity index (χ3n) is 5.95. The van der Waals surface area contributed by atoms with Crippen molar-refractivity contribution in [3.05, 3.63) is 84.1 Å². The molecule has 0 saturated carbocycles. The fourth-order valence-corrected chi connectivity index (χ4v) is 4.24. The SMILES string of the molecule is CN(C)c1ncc(-c2ccc(F)cc2)c([C@@H]2CN(Cc3ccnc4ccccc34)CCO2)n1. The molecule has 0 radical (unpaired) electrons. The van der Waals surface area contributed by atoms with E-state index >= 15 is 0 Å². The molecule has 0 bridgehead atoms. The third kappa shape index (κ3) is 4.55. The summed E-state index contributed by atoms with van der Waals surface area (Å²) in [7, 11) is 3.83. The molecule has 33 heavy (non-hydrogen) atoms. The maximum Gasteiger partial charge on any atom is 0.225 e. The molecule has 3 heterocycles. The topological polar surface area (TPSA) is 54.4 Å². The Bertz CT molecular complexity index is 1260. The smallest absolute Gasteiger partial charge is 0.225 e. The maximum atomic E-state index is 13.5. The van der Waals surface area contributed by atoms with Crippen molar-refractivity contribution in [1.82, 2.24) is 19.9 Å². The lowest BCUT2D eigenvalue weighted by Gasteiger charge is -2.33. The van der Waals surface area contributed by atoms with Crippen LogP contribution in [-0.2, 0) is 11.3 Å². The fraction of sp³-hybridized carbons (Fsp3) is 0.269. The number of halogens is 1. The van der Waals surface area contributed by atoms with Gasteiger partial charge in [-0.05, 0) is 35.4 Å². The van der Waals surface area contributed by atoms with Gasteiger partial charge in [-0.2, -0.15) is 0 Å². The van der Waals surface area contributed by atoms with Gasteiger partial charge in [0.1, 0.15) is 11.9 Å². The maximum absolute atomic E-state index is 13.5. The van der Waals surface area contributed by atoms with Gasteiger partial charge in [0.05, 0.1) is 17.8 Å². The van der Waals surface area contributed by atoms with Crippen LogP contribution < -0.4 is 4.90 Å². The molecule has 0 aliphatic carbocycles. The minimum atomic E-state index is -0.268. The zero-order valence-corrected chi connectivity index (χ0v) is 18.8. The molecule has 7 heteroatoms. The Labute approximate surface area is 192 Å². The number of hydrogen-bond donors (Lipinski definition) is 0. The minimum absolute atomic E-state index is 0.214. The van der Waals surface area contributed by atoms with E-state index in [0.717, 1.165) is 35.4 Å². The van der Waals surface area contributed by atoms with Crippen molar-refractivity contribution in [3.8, 4) is 11.1 Å². The number of nitrogens with zero attached hydrogens (tertiary/aromatic N) is 5. The van der Waals surface area contributed by atoms with Crippen molar-refractivity contribution in [2.45, 2.75) is 12.6 Å². The van der Waals surface area contributed by atoms with Crippen LogP contribution in [-0.4, -0.2) is 53.6 Å². The van der Waals surface area contributed by atoms with Crippen LogP contribution in [0.2, 0.25) is 0 Å². The van der Waals surface area contributed by atoms with Gasteiger partial charge in [-0.3, -0.25) is 9.88 Å². The van der Waals surface area contributed by atoms with E-state index < -0.39 is 0 Å². The summed E-state index contributed by atoms with van der Waals surface area (Å²) in [5.74, 6) is 0.354. The van der Waals surface area contributed by atoms with Crippen LogP contribution in [0.25, 0.3) is 22.0 Å². The van der Waals surface area contributed by atoms with E-state index in [0.29, 0.717) is 19.1 Å². The van der Waals surface area contributed by atoms with Crippen LogP contribution in [0.15, 0.2) is 67.0 Å². The lowest BCUT2D eigenvalue weighted by atomic mass is 10.0. The standard InChI is InChI=1S/C26H26FN5O/c1-31(2)26-29-15-22(18-7-9-20(27)10-8-18)25(30-26)24-17-32(13-14-33-24)16-19-11-12-28-23-6-4-3-5-21(19)23/h3-12,15,24H,13-14,16-17H2,1-2H3/t24-/m0/s1. The monoisotopic (exact) mass is 443 g/mol.